The van der Waals surface area contributed by atoms with E-state index in [1.807, 2.05) is 30.3 Å². The summed E-state index contributed by atoms with van der Waals surface area (Å²) in [6.07, 6.45) is 2.45. The van der Waals surface area contributed by atoms with Crippen LogP contribution in [0.3, 0.4) is 0 Å². The summed E-state index contributed by atoms with van der Waals surface area (Å²) in [5.41, 5.74) is 5.17. The van der Waals surface area contributed by atoms with E-state index in [4.69, 9.17) is 13.9 Å². The van der Waals surface area contributed by atoms with Gasteiger partial charge in [-0.05, 0) is 25.1 Å². The van der Waals surface area contributed by atoms with Crippen molar-refractivity contribution >= 4 is 11.0 Å². The quantitative estimate of drug-likeness (QED) is 0.457. The first-order chi connectivity index (χ1) is 15.2. The van der Waals surface area contributed by atoms with Gasteiger partial charge >= 0.3 is 0 Å². The van der Waals surface area contributed by atoms with Gasteiger partial charge in [0.1, 0.15) is 11.3 Å². The first-order valence-corrected chi connectivity index (χ1v) is 10.4. The number of nitrogens with one attached hydrogen (secondary N) is 1. The maximum absolute atomic E-state index is 6.08. The summed E-state index contributed by atoms with van der Waals surface area (Å²) in [7, 11) is 0. The number of rotatable bonds is 4. The van der Waals surface area contributed by atoms with Gasteiger partial charge in [-0.15, -0.1) is 0 Å². The summed E-state index contributed by atoms with van der Waals surface area (Å²) < 4.78 is 11.8. The fraction of sp³-hybridized carbons (Fsp3) is 0.208. The van der Waals surface area contributed by atoms with Crippen molar-refractivity contribution in [3.8, 4) is 11.4 Å². The Balaban J connectivity index is 1.34. The number of hydrogen-bond donors (Lipinski definition) is 1. The minimum atomic E-state index is -0.0740. The predicted octanol–water partition coefficient (Wildman–Crippen LogP) is 4.81. The monoisotopic (exact) mass is 411 g/mol. The van der Waals surface area contributed by atoms with Gasteiger partial charge in [-0.1, -0.05) is 47.1 Å². The van der Waals surface area contributed by atoms with Crippen molar-refractivity contribution in [2.75, 3.05) is 0 Å². The molecule has 154 valence electrons. The molecule has 2 aromatic carbocycles. The van der Waals surface area contributed by atoms with Crippen LogP contribution in [0.25, 0.3) is 22.4 Å². The molecular weight excluding hydrogens is 390 g/mol. The highest BCUT2D eigenvalue weighted by atomic mass is 16.5. The molecule has 7 nitrogen and oxygen atoms in total. The zero-order valence-corrected chi connectivity index (χ0v) is 17.1. The van der Waals surface area contributed by atoms with Crippen LogP contribution in [0.4, 0.5) is 0 Å². The molecule has 31 heavy (non-hydrogen) atoms. The van der Waals surface area contributed by atoms with E-state index in [1.54, 1.807) is 6.33 Å². The Labute approximate surface area is 178 Å². The van der Waals surface area contributed by atoms with Gasteiger partial charge in [-0.25, -0.2) is 4.98 Å². The molecule has 7 heteroatoms. The SMILES string of the molecule is Cc1cccc(-c2noc([C@@H]3Cc4nc[nH]c4CN3Cc3cc4ccccc4o3)n2)c1. The minimum absolute atomic E-state index is 0.0740. The number of imidazole rings is 1. The van der Waals surface area contributed by atoms with E-state index in [1.165, 1.54) is 0 Å². The largest absolute Gasteiger partial charge is 0.460 e. The molecule has 0 bridgehead atoms. The van der Waals surface area contributed by atoms with Crippen LogP contribution in [0.5, 0.6) is 0 Å². The fourth-order valence-electron chi connectivity index (χ4n) is 4.28. The van der Waals surface area contributed by atoms with Crippen molar-refractivity contribution in [2.24, 2.45) is 0 Å². The molecule has 5 aromatic rings. The molecule has 0 fully saturated rings. The van der Waals surface area contributed by atoms with Gasteiger partial charge < -0.3 is 13.9 Å². The molecule has 1 aliphatic heterocycles. The number of H-pyrrole nitrogens is 1. The Morgan fingerprint density at radius 3 is 2.97 bits per heavy atom. The summed E-state index contributed by atoms with van der Waals surface area (Å²) in [4.78, 5) is 14.8. The second-order valence-electron chi connectivity index (χ2n) is 8.03. The third-order valence-electron chi connectivity index (χ3n) is 5.83. The number of nitrogens with zero attached hydrogens (tertiary/aromatic N) is 4. The van der Waals surface area contributed by atoms with Crippen LogP contribution in [0, 0.1) is 6.92 Å². The molecule has 0 aliphatic carbocycles. The van der Waals surface area contributed by atoms with Gasteiger partial charge in [0.15, 0.2) is 0 Å². The van der Waals surface area contributed by atoms with E-state index < -0.39 is 0 Å². The zero-order chi connectivity index (χ0) is 20.8. The first kappa shape index (κ1) is 18.1. The average molecular weight is 411 g/mol. The van der Waals surface area contributed by atoms with Gasteiger partial charge in [0.05, 0.1) is 30.3 Å². The molecule has 1 aliphatic rings. The van der Waals surface area contributed by atoms with Gasteiger partial charge in [0, 0.05) is 23.9 Å². The van der Waals surface area contributed by atoms with Crippen molar-refractivity contribution in [1.29, 1.82) is 0 Å². The lowest BCUT2D eigenvalue weighted by Crippen LogP contribution is -2.34. The van der Waals surface area contributed by atoms with Gasteiger partial charge in [-0.3, -0.25) is 4.90 Å². The van der Waals surface area contributed by atoms with Crippen LogP contribution >= 0.6 is 0 Å². The Hall–Kier alpha value is -3.71. The summed E-state index contributed by atoms with van der Waals surface area (Å²) in [5.74, 6) is 2.11. The number of benzene rings is 2. The molecular formula is C24H21N5O2. The zero-order valence-electron chi connectivity index (χ0n) is 17.1. The Morgan fingerprint density at radius 1 is 1.13 bits per heavy atom. The number of hydrogen-bond acceptors (Lipinski definition) is 6. The van der Waals surface area contributed by atoms with Gasteiger partial charge in [0.25, 0.3) is 0 Å². The smallest absolute Gasteiger partial charge is 0.244 e. The summed E-state index contributed by atoms with van der Waals surface area (Å²) in [5, 5.41) is 5.36. The van der Waals surface area contributed by atoms with Crippen LogP contribution in [-0.4, -0.2) is 25.0 Å². The van der Waals surface area contributed by atoms with Crippen molar-refractivity contribution < 1.29 is 8.94 Å². The highest BCUT2D eigenvalue weighted by Gasteiger charge is 2.33. The molecule has 3 aromatic heterocycles. The van der Waals surface area contributed by atoms with Crippen LogP contribution < -0.4 is 0 Å². The number of aromatic amines is 1. The Kier molecular flexibility index (Phi) is 4.21. The third kappa shape index (κ3) is 3.33. The van der Waals surface area contributed by atoms with E-state index in [2.05, 4.69) is 51.2 Å². The number of fused-ring (bicyclic) bond motifs is 2. The van der Waals surface area contributed by atoms with Crippen molar-refractivity contribution in [1.82, 2.24) is 25.0 Å². The fourth-order valence-corrected chi connectivity index (χ4v) is 4.28. The van der Waals surface area contributed by atoms with E-state index in [0.717, 1.165) is 39.2 Å². The second-order valence-corrected chi connectivity index (χ2v) is 8.03. The third-order valence-corrected chi connectivity index (χ3v) is 5.83. The minimum Gasteiger partial charge on any atom is -0.460 e. The molecule has 0 spiro atoms. The maximum atomic E-state index is 6.08. The number of para-hydroxylation sites is 1. The number of aryl methyl sites for hydroxylation is 1. The van der Waals surface area contributed by atoms with Crippen molar-refractivity contribution in [2.45, 2.75) is 32.5 Å². The summed E-state index contributed by atoms with van der Waals surface area (Å²) in [6, 6.07) is 18.2. The maximum Gasteiger partial charge on any atom is 0.244 e. The molecule has 0 unspecified atom stereocenters. The van der Waals surface area contributed by atoms with Crippen LogP contribution in [0.15, 0.2) is 69.9 Å². The van der Waals surface area contributed by atoms with E-state index in [0.29, 0.717) is 31.2 Å². The molecule has 0 saturated heterocycles. The molecule has 1 atom stereocenters. The van der Waals surface area contributed by atoms with Crippen LogP contribution in [0.2, 0.25) is 0 Å². The first-order valence-electron chi connectivity index (χ1n) is 10.4. The molecule has 4 heterocycles. The van der Waals surface area contributed by atoms with Gasteiger partial charge in [-0.2, -0.15) is 4.98 Å². The molecule has 0 amide bonds. The normalized spacial score (nSPS) is 16.6. The molecule has 1 N–H and O–H groups in total. The summed E-state index contributed by atoms with van der Waals surface area (Å²) >= 11 is 0. The lowest BCUT2D eigenvalue weighted by Gasteiger charge is -2.31. The second kappa shape index (κ2) is 7.21. The molecule has 6 rings (SSSR count). The Bertz CT molecular complexity index is 1330. The standard InChI is InChI=1S/C24H21N5O2/c1-15-5-4-7-17(9-15)23-27-24(31-28-23)21-11-19-20(26-14-25-19)13-29(21)12-18-10-16-6-2-3-8-22(16)30-18/h2-10,14,21H,11-13H2,1H3,(H,25,26)/t21-/m0/s1. The Morgan fingerprint density at radius 2 is 2.06 bits per heavy atom. The van der Waals surface area contributed by atoms with Crippen LogP contribution in [0.1, 0.15) is 34.6 Å². The highest BCUT2D eigenvalue weighted by Crippen LogP contribution is 2.34. The number of aromatic nitrogens is 4. The number of furan rings is 1. The van der Waals surface area contributed by atoms with Gasteiger partial charge in [0.2, 0.25) is 11.7 Å². The van der Waals surface area contributed by atoms with Crippen molar-refractivity contribution in [3.63, 3.8) is 0 Å². The van der Waals surface area contributed by atoms with E-state index in [9.17, 15) is 0 Å². The average Bonchev–Trinajstić information content (AvgIpc) is 3.52. The van der Waals surface area contributed by atoms with Crippen molar-refractivity contribution in [3.05, 3.63) is 89.5 Å². The summed E-state index contributed by atoms with van der Waals surface area (Å²) in [6.45, 7) is 3.40. The van der Waals surface area contributed by atoms with E-state index in [-0.39, 0.29) is 6.04 Å². The molecule has 0 radical (unpaired) electrons. The molecule has 0 saturated carbocycles. The lowest BCUT2D eigenvalue weighted by atomic mass is 10.0. The predicted molar refractivity (Wildman–Crippen MR) is 115 cm³/mol. The highest BCUT2D eigenvalue weighted by molar-refractivity contribution is 5.77. The lowest BCUT2D eigenvalue weighted by molar-refractivity contribution is 0.120. The topological polar surface area (TPSA) is 84.0 Å². The van der Waals surface area contributed by atoms with E-state index >= 15 is 0 Å². The van der Waals surface area contributed by atoms with Crippen LogP contribution in [-0.2, 0) is 19.5 Å².